The second-order valence-corrected chi connectivity index (χ2v) is 3.51. The Hall–Kier alpha value is -1.11. The second kappa shape index (κ2) is 2.52. The number of rotatable bonds is 1. The van der Waals surface area contributed by atoms with Crippen LogP contribution in [0.3, 0.4) is 0 Å². The van der Waals surface area contributed by atoms with Crippen LogP contribution in [0.2, 0.25) is 0 Å². The number of alkyl halides is 5. The lowest BCUT2D eigenvalue weighted by atomic mass is 10.2. The van der Waals surface area contributed by atoms with Crippen LogP contribution in [0.15, 0.2) is 16.5 Å². The molecule has 0 aliphatic heterocycles. The lowest BCUT2D eigenvalue weighted by Crippen LogP contribution is -2.26. The summed E-state index contributed by atoms with van der Waals surface area (Å²) in [4.78, 5) is 0. The summed E-state index contributed by atoms with van der Waals surface area (Å²) in [5, 5.41) is 0. The van der Waals surface area contributed by atoms with Crippen LogP contribution in [0.25, 0.3) is 0 Å². The maximum atomic E-state index is 12.7. The van der Waals surface area contributed by atoms with Crippen LogP contribution in [0, 0.1) is 0 Å². The van der Waals surface area contributed by atoms with Gasteiger partial charge in [-0.15, -0.1) is 0 Å². The molecule has 1 aromatic rings. The van der Waals surface area contributed by atoms with Crippen molar-refractivity contribution in [3.63, 3.8) is 0 Å². The van der Waals surface area contributed by atoms with Gasteiger partial charge in [-0.2, -0.15) is 13.2 Å². The second-order valence-electron chi connectivity index (χ2n) is 3.51. The van der Waals surface area contributed by atoms with Gasteiger partial charge in [0.1, 0.15) is 11.3 Å². The summed E-state index contributed by atoms with van der Waals surface area (Å²) in [6, 6.07) is 1.43. The van der Waals surface area contributed by atoms with Crippen molar-refractivity contribution in [2.75, 3.05) is 0 Å². The molecule has 0 radical (unpaired) electrons. The van der Waals surface area contributed by atoms with E-state index < -0.39 is 35.6 Å². The van der Waals surface area contributed by atoms with E-state index in [9.17, 15) is 22.0 Å². The lowest BCUT2D eigenvalue weighted by Gasteiger charge is -2.06. The molecule has 1 fully saturated rings. The monoisotopic (exact) mass is 227 g/mol. The summed E-state index contributed by atoms with van der Waals surface area (Å²) in [6.45, 7) is 0. The van der Waals surface area contributed by atoms with Crippen molar-refractivity contribution >= 4 is 0 Å². The SMILES string of the molecule is NC1(c2ccc(C(F)(F)F)o2)CC1(F)F. The predicted octanol–water partition coefficient (Wildman–Crippen LogP) is 2.49. The highest BCUT2D eigenvalue weighted by atomic mass is 19.4. The quantitative estimate of drug-likeness (QED) is 0.748. The zero-order valence-corrected chi connectivity index (χ0v) is 7.24. The third-order valence-electron chi connectivity index (χ3n) is 2.35. The number of hydrogen-bond donors (Lipinski definition) is 1. The van der Waals surface area contributed by atoms with Gasteiger partial charge in [-0.25, -0.2) is 8.78 Å². The summed E-state index contributed by atoms with van der Waals surface area (Å²) in [6.07, 6.45) is -5.37. The molecular formula is C8H6F5NO. The van der Waals surface area contributed by atoms with Crippen LogP contribution in [0.5, 0.6) is 0 Å². The molecule has 0 spiro atoms. The summed E-state index contributed by atoms with van der Waals surface area (Å²) in [7, 11) is 0. The number of nitrogens with two attached hydrogens (primary N) is 1. The normalized spacial score (nSPS) is 29.2. The van der Waals surface area contributed by atoms with E-state index in [1.165, 1.54) is 0 Å². The Morgan fingerprint density at radius 3 is 2.13 bits per heavy atom. The minimum Gasteiger partial charge on any atom is -0.454 e. The Morgan fingerprint density at radius 2 is 1.80 bits per heavy atom. The first kappa shape index (κ1) is 10.4. The van der Waals surface area contributed by atoms with Gasteiger partial charge in [0.2, 0.25) is 5.76 Å². The molecule has 84 valence electrons. The minimum absolute atomic E-state index is 0.528. The molecule has 0 bridgehead atoms. The standard InChI is InChI=1S/C8H6F5NO/c9-7(10)3-6(7,14)4-1-2-5(15-4)8(11,12)13/h1-2H,3,14H2. The largest absolute Gasteiger partial charge is 0.454 e. The van der Waals surface area contributed by atoms with Gasteiger partial charge in [0.05, 0.1) is 0 Å². The topological polar surface area (TPSA) is 39.2 Å². The molecule has 1 heterocycles. The van der Waals surface area contributed by atoms with Crippen molar-refractivity contribution in [2.45, 2.75) is 24.1 Å². The van der Waals surface area contributed by atoms with Gasteiger partial charge in [0.15, 0.2) is 0 Å². The van der Waals surface area contributed by atoms with E-state index in [-0.39, 0.29) is 0 Å². The van der Waals surface area contributed by atoms with E-state index in [1.54, 1.807) is 0 Å². The fraction of sp³-hybridized carbons (Fsp3) is 0.500. The molecule has 1 saturated carbocycles. The van der Waals surface area contributed by atoms with Crippen LogP contribution >= 0.6 is 0 Å². The Kier molecular flexibility index (Phi) is 1.75. The zero-order valence-electron chi connectivity index (χ0n) is 7.24. The van der Waals surface area contributed by atoms with E-state index in [0.717, 1.165) is 6.07 Å². The van der Waals surface area contributed by atoms with E-state index >= 15 is 0 Å². The van der Waals surface area contributed by atoms with Crippen LogP contribution in [-0.4, -0.2) is 5.92 Å². The zero-order chi connectivity index (χ0) is 11.5. The molecule has 0 amide bonds. The van der Waals surface area contributed by atoms with Crippen LogP contribution in [-0.2, 0) is 11.7 Å². The fourth-order valence-corrected chi connectivity index (χ4v) is 1.30. The Bertz CT molecular complexity index is 396. The maximum absolute atomic E-state index is 12.7. The van der Waals surface area contributed by atoms with Crippen molar-refractivity contribution in [3.05, 3.63) is 23.7 Å². The van der Waals surface area contributed by atoms with Crippen molar-refractivity contribution < 1.29 is 26.4 Å². The number of furan rings is 1. The number of halogens is 5. The maximum Gasteiger partial charge on any atom is 0.449 e. The smallest absolute Gasteiger partial charge is 0.449 e. The van der Waals surface area contributed by atoms with Gasteiger partial charge in [-0.1, -0.05) is 0 Å². The molecule has 1 aromatic heterocycles. The summed E-state index contributed by atoms with van der Waals surface area (Å²) >= 11 is 0. The summed E-state index contributed by atoms with van der Waals surface area (Å²) in [5.74, 6) is -5.03. The molecular weight excluding hydrogens is 221 g/mol. The molecule has 1 aliphatic carbocycles. The molecule has 2 rings (SSSR count). The Labute approximate surface area is 80.8 Å². The minimum atomic E-state index is -4.68. The van der Waals surface area contributed by atoms with Gasteiger partial charge in [-0.3, -0.25) is 0 Å². The van der Waals surface area contributed by atoms with Gasteiger partial charge < -0.3 is 10.2 Å². The van der Waals surface area contributed by atoms with E-state index in [1.807, 2.05) is 0 Å². The van der Waals surface area contributed by atoms with Gasteiger partial charge >= 0.3 is 6.18 Å². The average molecular weight is 227 g/mol. The molecule has 15 heavy (non-hydrogen) atoms. The Morgan fingerprint density at radius 1 is 1.27 bits per heavy atom. The predicted molar refractivity (Wildman–Crippen MR) is 39.1 cm³/mol. The van der Waals surface area contributed by atoms with E-state index in [0.29, 0.717) is 6.07 Å². The van der Waals surface area contributed by atoms with Gasteiger partial charge in [0.25, 0.3) is 5.92 Å². The highest BCUT2D eigenvalue weighted by molar-refractivity contribution is 5.30. The fourth-order valence-electron chi connectivity index (χ4n) is 1.30. The van der Waals surface area contributed by atoms with Crippen LogP contribution < -0.4 is 5.73 Å². The first-order valence-corrected chi connectivity index (χ1v) is 4.01. The average Bonchev–Trinajstić information content (AvgIpc) is 2.51. The van der Waals surface area contributed by atoms with Crippen molar-refractivity contribution in [3.8, 4) is 0 Å². The van der Waals surface area contributed by atoms with Crippen molar-refractivity contribution in [1.82, 2.24) is 0 Å². The molecule has 1 aliphatic rings. The molecule has 1 unspecified atom stereocenters. The highest BCUT2D eigenvalue weighted by Crippen LogP contribution is 2.58. The number of hydrogen-bond acceptors (Lipinski definition) is 2. The molecule has 2 N–H and O–H groups in total. The third-order valence-corrected chi connectivity index (χ3v) is 2.35. The first-order chi connectivity index (χ1) is 6.67. The van der Waals surface area contributed by atoms with E-state index in [4.69, 9.17) is 5.73 Å². The third kappa shape index (κ3) is 1.41. The molecule has 1 atom stereocenters. The molecule has 0 saturated heterocycles. The first-order valence-electron chi connectivity index (χ1n) is 4.01. The van der Waals surface area contributed by atoms with Crippen molar-refractivity contribution in [1.29, 1.82) is 0 Å². The van der Waals surface area contributed by atoms with Gasteiger partial charge in [-0.05, 0) is 12.1 Å². The summed E-state index contributed by atoms with van der Waals surface area (Å²) in [5.41, 5.74) is 3.12. The molecule has 7 heteroatoms. The van der Waals surface area contributed by atoms with Crippen molar-refractivity contribution in [2.24, 2.45) is 5.73 Å². The van der Waals surface area contributed by atoms with E-state index in [2.05, 4.69) is 4.42 Å². The summed E-state index contributed by atoms with van der Waals surface area (Å²) < 4.78 is 65.9. The van der Waals surface area contributed by atoms with Crippen LogP contribution in [0.1, 0.15) is 17.9 Å². The van der Waals surface area contributed by atoms with Gasteiger partial charge in [0, 0.05) is 6.42 Å². The lowest BCUT2D eigenvalue weighted by molar-refractivity contribution is -0.153. The Balaban J connectivity index is 2.31. The highest BCUT2D eigenvalue weighted by Gasteiger charge is 2.72. The van der Waals surface area contributed by atoms with Crippen LogP contribution in [0.4, 0.5) is 22.0 Å². The molecule has 2 nitrogen and oxygen atoms in total. The molecule has 0 aromatic carbocycles.